The summed E-state index contributed by atoms with van der Waals surface area (Å²) in [7, 11) is 0. The predicted octanol–water partition coefficient (Wildman–Crippen LogP) is 7.87. The van der Waals surface area contributed by atoms with E-state index in [-0.39, 0.29) is 11.5 Å². The fraction of sp³-hybridized carbons (Fsp3) is 0.143. The number of fused-ring (bicyclic) bond motifs is 2. The van der Waals surface area contributed by atoms with E-state index in [1.807, 2.05) is 53.4 Å². The largest absolute Gasteiger partial charge is 0.423 e. The lowest BCUT2D eigenvalue weighted by Crippen LogP contribution is -2.36. The molecule has 210 valence electrons. The highest BCUT2D eigenvalue weighted by Gasteiger charge is 2.30. The van der Waals surface area contributed by atoms with Gasteiger partial charge in [-0.2, -0.15) is 13.2 Å². The standard InChI is InChI=1S/C35H26F3NO3/c36-35(37,38)29-14-11-25(12-15-29)31-7-3-4-8-32(31)34(41)42-30-16-13-28-22-39(18-17-27(28)21-30)33(40)20-23-9-10-24-5-1-2-6-26(24)19-23/h1-16,19,21H,17-18,20,22H2. The minimum atomic E-state index is -4.44. The van der Waals surface area contributed by atoms with E-state index in [9.17, 15) is 22.8 Å². The molecule has 0 aliphatic carbocycles. The third kappa shape index (κ3) is 5.77. The Balaban J connectivity index is 1.13. The number of hydrogen-bond acceptors (Lipinski definition) is 3. The van der Waals surface area contributed by atoms with Crippen molar-refractivity contribution in [3.63, 3.8) is 0 Å². The maximum atomic E-state index is 13.1. The highest BCUT2D eigenvalue weighted by atomic mass is 19.4. The molecule has 4 nitrogen and oxygen atoms in total. The van der Waals surface area contributed by atoms with Crippen LogP contribution < -0.4 is 4.74 Å². The van der Waals surface area contributed by atoms with Crippen molar-refractivity contribution in [2.45, 2.75) is 25.6 Å². The lowest BCUT2D eigenvalue weighted by atomic mass is 9.98. The summed E-state index contributed by atoms with van der Waals surface area (Å²) in [6.07, 6.45) is -3.48. The van der Waals surface area contributed by atoms with Gasteiger partial charge in [0.05, 0.1) is 17.5 Å². The van der Waals surface area contributed by atoms with E-state index in [0.29, 0.717) is 42.8 Å². The van der Waals surface area contributed by atoms with Gasteiger partial charge >= 0.3 is 12.1 Å². The normalized spacial score (nSPS) is 13.1. The third-order valence-electron chi connectivity index (χ3n) is 7.59. The zero-order valence-corrected chi connectivity index (χ0v) is 22.5. The van der Waals surface area contributed by atoms with E-state index in [0.717, 1.165) is 39.6 Å². The van der Waals surface area contributed by atoms with Gasteiger partial charge in [0.2, 0.25) is 5.91 Å². The quantitative estimate of drug-likeness (QED) is 0.161. The number of halogens is 3. The number of esters is 1. The van der Waals surface area contributed by atoms with Gasteiger partial charge in [-0.1, -0.05) is 78.9 Å². The Morgan fingerprint density at radius 3 is 2.29 bits per heavy atom. The van der Waals surface area contributed by atoms with Gasteiger partial charge in [0.1, 0.15) is 5.75 Å². The summed E-state index contributed by atoms with van der Waals surface area (Å²) in [6.45, 7) is 1.04. The topological polar surface area (TPSA) is 46.6 Å². The zero-order valence-electron chi connectivity index (χ0n) is 22.5. The number of nitrogens with zero attached hydrogens (tertiary/aromatic N) is 1. The van der Waals surface area contributed by atoms with Crippen LogP contribution >= 0.6 is 0 Å². The lowest BCUT2D eigenvalue weighted by Gasteiger charge is -2.29. The van der Waals surface area contributed by atoms with Crippen LogP contribution in [0.4, 0.5) is 13.2 Å². The van der Waals surface area contributed by atoms with Crippen LogP contribution in [0.15, 0.2) is 109 Å². The van der Waals surface area contributed by atoms with E-state index < -0.39 is 17.7 Å². The van der Waals surface area contributed by atoms with E-state index in [1.54, 1.807) is 30.3 Å². The molecule has 0 saturated heterocycles. The number of benzene rings is 5. The summed E-state index contributed by atoms with van der Waals surface area (Å²) in [6, 6.07) is 30.9. The molecule has 1 amide bonds. The van der Waals surface area contributed by atoms with E-state index in [4.69, 9.17) is 4.74 Å². The van der Waals surface area contributed by atoms with Crippen molar-refractivity contribution >= 4 is 22.6 Å². The molecule has 1 heterocycles. The highest BCUT2D eigenvalue weighted by molar-refractivity contribution is 5.98. The SMILES string of the molecule is O=C(Oc1ccc2c(c1)CCN(C(=O)Cc1ccc3ccccc3c1)C2)c1ccccc1-c1ccc(C(F)(F)F)cc1. The first-order valence-corrected chi connectivity index (χ1v) is 13.6. The first kappa shape index (κ1) is 27.3. The maximum Gasteiger partial charge on any atom is 0.416 e. The van der Waals surface area contributed by atoms with Gasteiger partial charge in [0.15, 0.2) is 0 Å². The van der Waals surface area contributed by atoms with Crippen LogP contribution in [0.3, 0.4) is 0 Å². The number of ether oxygens (including phenoxy) is 1. The van der Waals surface area contributed by atoms with Gasteiger partial charge in [-0.25, -0.2) is 4.79 Å². The van der Waals surface area contributed by atoms with Crippen LogP contribution in [0.25, 0.3) is 21.9 Å². The number of rotatable bonds is 5. The number of amides is 1. The predicted molar refractivity (Wildman–Crippen MR) is 155 cm³/mol. The van der Waals surface area contributed by atoms with Crippen molar-refractivity contribution in [2.75, 3.05) is 6.54 Å². The Kier molecular flexibility index (Phi) is 7.25. The fourth-order valence-corrected chi connectivity index (χ4v) is 5.35. The molecule has 0 fully saturated rings. The van der Waals surface area contributed by atoms with Crippen LogP contribution in [0.5, 0.6) is 5.75 Å². The average molecular weight is 566 g/mol. The molecule has 7 heteroatoms. The Labute approximate surface area is 241 Å². The Bertz CT molecular complexity index is 1790. The van der Waals surface area contributed by atoms with Gasteiger partial charge < -0.3 is 9.64 Å². The molecule has 1 aliphatic heterocycles. The van der Waals surface area contributed by atoms with Crippen LogP contribution in [0.2, 0.25) is 0 Å². The smallest absolute Gasteiger partial charge is 0.416 e. The second-order valence-corrected chi connectivity index (χ2v) is 10.4. The van der Waals surface area contributed by atoms with E-state index in [1.165, 1.54) is 12.1 Å². The molecule has 0 spiro atoms. The summed E-state index contributed by atoms with van der Waals surface area (Å²) in [4.78, 5) is 28.1. The number of hydrogen-bond donors (Lipinski definition) is 0. The molecule has 0 aromatic heterocycles. The molecule has 0 unspecified atom stereocenters. The minimum Gasteiger partial charge on any atom is -0.423 e. The first-order chi connectivity index (χ1) is 20.2. The van der Waals surface area contributed by atoms with Gasteiger partial charge in [0.25, 0.3) is 0 Å². The van der Waals surface area contributed by atoms with E-state index in [2.05, 4.69) is 6.07 Å². The summed E-state index contributed by atoms with van der Waals surface area (Å²) >= 11 is 0. The van der Waals surface area contributed by atoms with Gasteiger partial charge in [-0.3, -0.25) is 4.79 Å². The molecule has 0 N–H and O–H groups in total. The molecule has 5 aromatic rings. The molecular weight excluding hydrogens is 539 g/mol. The Morgan fingerprint density at radius 2 is 1.50 bits per heavy atom. The summed E-state index contributed by atoms with van der Waals surface area (Å²) in [5.74, 6) is -0.170. The molecule has 0 saturated carbocycles. The zero-order chi connectivity index (χ0) is 29.3. The summed E-state index contributed by atoms with van der Waals surface area (Å²) in [5.41, 5.74) is 3.44. The van der Waals surface area contributed by atoms with E-state index >= 15 is 0 Å². The Morgan fingerprint density at radius 1 is 0.762 bits per heavy atom. The van der Waals surface area contributed by atoms with Crippen LogP contribution in [-0.4, -0.2) is 23.3 Å². The Hall–Kier alpha value is -4.91. The van der Waals surface area contributed by atoms with Gasteiger partial charge in [-0.05, 0) is 75.3 Å². The second-order valence-electron chi connectivity index (χ2n) is 10.4. The van der Waals surface area contributed by atoms with Crippen molar-refractivity contribution in [3.8, 4) is 16.9 Å². The minimum absolute atomic E-state index is 0.0614. The third-order valence-corrected chi connectivity index (χ3v) is 7.59. The molecular formula is C35H26F3NO3. The monoisotopic (exact) mass is 565 g/mol. The number of alkyl halides is 3. The molecule has 42 heavy (non-hydrogen) atoms. The second kappa shape index (κ2) is 11.2. The van der Waals surface area contributed by atoms with Crippen LogP contribution in [-0.2, 0) is 30.4 Å². The molecule has 0 bridgehead atoms. The summed E-state index contributed by atoms with van der Waals surface area (Å²) < 4.78 is 44.7. The summed E-state index contributed by atoms with van der Waals surface area (Å²) in [5, 5.41) is 2.25. The van der Waals surface area contributed by atoms with Crippen molar-refractivity contribution < 1.29 is 27.5 Å². The first-order valence-electron chi connectivity index (χ1n) is 13.6. The highest BCUT2D eigenvalue weighted by Crippen LogP contribution is 2.32. The van der Waals surface area contributed by atoms with Crippen LogP contribution in [0.1, 0.15) is 32.6 Å². The number of carbonyl (C=O) groups is 2. The lowest BCUT2D eigenvalue weighted by molar-refractivity contribution is -0.137. The van der Waals surface area contributed by atoms with Crippen molar-refractivity contribution in [1.82, 2.24) is 4.90 Å². The fourth-order valence-electron chi connectivity index (χ4n) is 5.35. The average Bonchev–Trinajstić information content (AvgIpc) is 3.00. The van der Waals surface area contributed by atoms with Gasteiger partial charge in [0, 0.05) is 13.1 Å². The van der Waals surface area contributed by atoms with Crippen molar-refractivity contribution in [2.24, 2.45) is 0 Å². The molecule has 0 radical (unpaired) electrons. The van der Waals surface area contributed by atoms with Gasteiger partial charge in [-0.15, -0.1) is 0 Å². The van der Waals surface area contributed by atoms with Crippen LogP contribution in [0, 0.1) is 0 Å². The number of carbonyl (C=O) groups excluding carboxylic acids is 2. The maximum absolute atomic E-state index is 13.1. The van der Waals surface area contributed by atoms with Crippen molar-refractivity contribution in [3.05, 3.63) is 137 Å². The molecule has 6 rings (SSSR count). The molecule has 5 aromatic carbocycles. The molecule has 1 aliphatic rings. The molecule has 0 atom stereocenters. The van der Waals surface area contributed by atoms with Crippen molar-refractivity contribution in [1.29, 1.82) is 0 Å².